The van der Waals surface area contributed by atoms with Crippen LogP contribution in [0.15, 0.2) is 35.1 Å². The summed E-state index contributed by atoms with van der Waals surface area (Å²) >= 11 is 0. The van der Waals surface area contributed by atoms with Gasteiger partial charge in [0.15, 0.2) is 19.8 Å². The minimum absolute atomic E-state index is 0.138. The molecule has 3 rings (SSSR count). The van der Waals surface area contributed by atoms with E-state index < -0.39 is 8.32 Å². The Bertz CT molecular complexity index is 1160. The molecule has 0 saturated carbocycles. The predicted molar refractivity (Wildman–Crippen MR) is 128 cm³/mol. The van der Waals surface area contributed by atoms with Crippen molar-refractivity contribution in [3.63, 3.8) is 0 Å². The molecular weight excluding hydrogens is 410 g/mol. The molecule has 0 spiro atoms. The van der Waals surface area contributed by atoms with Crippen LogP contribution >= 0.6 is 0 Å². The Labute approximate surface area is 184 Å². The number of hydrogen-bond donors (Lipinski definition) is 0. The number of hydrogen-bond acceptors (Lipinski definition) is 5. The van der Waals surface area contributed by atoms with E-state index in [0.29, 0.717) is 23.5 Å². The zero-order valence-electron chi connectivity index (χ0n) is 19.8. The van der Waals surface area contributed by atoms with Crippen molar-refractivity contribution >= 4 is 30.0 Å². The van der Waals surface area contributed by atoms with Crippen molar-refractivity contribution < 1.29 is 18.6 Å². The molecule has 0 unspecified atom stereocenters. The third kappa shape index (κ3) is 4.22. The average Bonchev–Trinajstić information content (AvgIpc) is 2.73. The van der Waals surface area contributed by atoms with Gasteiger partial charge in [0.1, 0.15) is 6.73 Å². The lowest BCUT2D eigenvalue weighted by molar-refractivity contribution is 0.132. The van der Waals surface area contributed by atoms with Gasteiger partial charge in [0.2, 0.25) is 0 Å². The van der Waals surface area contributed by atoms with Gasteiger partial charge in [0, 0.05) is 17.9 Å². The van der Waals surface area contributed by atoms with Crippen LogP contribution < -0.4 is 15.0 Å². The van der Waals surface area contributed by atoms with Gasteiger partial charge < -0.3 is 18.6 Å². The van der Waals surface area contributed by atoms with Crippen LogP contribution in [-0.2, 0) is 22.5 Å². The van der Waals surface area contributed by atoms with Crippen LogP contribution in [0.25, 0.3) is 21.7 Å². The first-order valence-electron chi connectivity index (χ1n) is 10.4. The molecular formula is C24H33NO5Si. The topological polar surface area (TPSA) is 58.9 Å². The van der Waals surface area contributed by atoms with Crippen LogP contribution in [0, 0.1) is 0 Å². The maximum atomic E-state index is 13.4. The summed E-state index contributed by atoms with van der Waals surface area (Å²) < 4.78 is 24.4. The normalized spacial score (nSPS) is 12.5. The smallest absolute Gasteiger partial charge is 0.264 e. The molecule has 7 heteroatoms. The maximum absolute atomic E-state index is 13.4. The highest BCUT2D eigenvalue weighted by molar-refractivity contribution is 6.74. The number of methoxy groups -OCH3 is 3. The van der Waals surface area contributed by atoms with E-state index in [4.69, 9.17) is 18.6 Å². The van der Waals surface area contributed by atoms with E-state index in [-0.39, 0.29) is 17.3 Å². The number of ether oxygens (including phenoxy) is 3. The van der Waals surface area contributed by atoms with Crippen molar-refractivity contribution in [2.75, 3.05) is 21.3 Å². The lowest BCUT2D eigenvalue weighted by atomic mass is 10.0. The van der Waals surface area contributed by atoms with Crippen LogP contribution in [0.1, 0.15) is 26.3 Å². The largest absolute Gasteiger partial charge is 0.493 e. The van der Waals surface area contributed by atoms with E-state index in [0.717, 1.165) is 21.9 Å². The fourth-order valence-electron chi connectivity index (χ4n) is 3.47. The fraction of sp³-hybridized carbons (Fsp3) is 0.458. The van der Waals surface area contributed by atoms with E-state index in [1.807, 2.05) is 24.3 Å². The van der Waals surface area contributed by atoms with Crippen molar-refractivity contribution in [3.8, 4) is 11.5 Å². The van der Waals surface area contributed by atoms with E-state index in [1.54, 1.807) is 25.9 Å². The number of rotatable bonds is 7. The highest BCUT2D eigenvalue weighted by atomic mass is 28.4. The van der Waals surface area contributed by atoms with Gasteiger partial charge in [0.25, 0.3) is 5.56 Å². The summed E-state index contributed by atoms with van der Waals surface area (Å²) in [6.45, 7) is 11.9. The summed E-state index contributed by atoms with van der Waals surface area (Å²) in [7, 11) is 2.81. The van der Waals surface area contributed by atoms with Crippen molar-refractivity contribution in [1.29, 1.82) is 0 Å². The van der Waals surface area contributed by atoms with Crippen molar-refractivity contribution in [1.82, 2.24) is 4.57 Å². The Morgan fingerprint density at radius 1 is 0.968 bits per heavy atom. The molecule has 0 amide bonds. The third-order valence-corrected chi connectivity index (χ3v) is 10.8. The molecule has 0 aliphatic heterocycles. The average molecular weight is 444 g/mol. The van der Waals surface area contributed by atoms with E-state index in [1.165, 1.54) is 0 Å². The van der Waals surface area contributed by atoms with Gasteiger partial charge in [-0.15, -0.1) is 0 Å². The van der Waals surface area contributed by atoms with Gasteiger partial charge in [-0.3, -0.25) is 9.36 Å². The molecule has 3 aromatic rings. The molecule has 31 heavy (non-hydrogen) atoms. The summed E-state index contributed by atoms with van der Waals surface area (Å²) in [5.74, 6) is 0.951. The van der Waals surface area contributed by atoms with E-state index >= 15 is 0 Å². The number of nitrogens with zero attached hydrogens (tertiary/aromatic N) is 1. The molecule has 2 aromatic carbocycles. The zero-order chi connectivity index (χ0) is 23.0. The van der Waals surface area contributed by atoms with Gasteiger partial charge in [-0.25, -0.2) is 0 Å². The first-order valence-corrected chi connectivity index (χ1v) is 13.3. The van der Waals surface area contributed by atoms with Crippen molar-refractivity contribution in [2.24, 2.45) is 0 Å². The van der Waals surface area contributed by atoms with Gasteiger partial charge in [-0.1, -0.05) is 26.8 Å². The monoisotopic (exact) mass is 443 g/mol. The predicted octanol–water partition coefficient (Wildman–Crippen LogP) is 5.30. The van der Waals surface area contributed by atoms with Gasteiger partial charge in [-0.05, 0) is 48.0 Å². The molecule has 168 valence electrons. The molecule has 0 atom stereocenters. The SMILES string of the molecule is COCn1c(=O)c2c(OC)c(OC)ccc2c2cc(CO[Si](C)(C)C(C)(C)C)ccc21. The molecule has 0 fully saturated rings. The molecule has 1 heterocycles. The molecule has 0 N–H and O–H groups in total. The second-order valence-electron chi connectivity index (χ2n) is 9.28. The molecule has 1 aromatic heterocycles. The highest BCUT2D eigenvalue weighted by Crippen LogP contribution is 2.38. The molecule has 0 aliphatic rings. The Balaban J connectivity index is 2.24. The lowest BCUT2D eigenvalue weighted by Gasteiger charge is -2.36. The summed E-state index contributed by atoms with van der Waals surface area (Å²) in [5, 5.41) is 2.39. The summed E-state index contributed by atoms with van der Waals surface area (Å²) in [6.07, 6.45) is 0. The standard InChI is InChI=1S/C24H33NO5Si/c1-24(2,3)31(7,8)30-14-16-9-11-19-18(13-16)17-10-12-20(28-5)22(29-6)21(17)23(26)25(19)15-27-4/h9-13H,14-15H2,1-8H3. The Morgan fingerprint density at radius 2 is 1.68 bits per heavy atom. The van der Waals surface area contributed by atoms with Crippen LogP contribution in [0.5, 0.6) is 11.5 Å². The van der Waals surface area contributed by atoms with E-state index in [9.17, 15) is 4.79 Å². The van der Waals surface area contributed by atoms with E-state index in [2.05, 4.69) is 39.9 Å². The second-order valence-corrected chi connectivity index (χ2v) is 14.1. The fourth-order valence-corrected chi connectivity index (χ4v) is 4.43. The van der Waals surface area contributed by atoms with Crippen LogP contribution in [-0.4, -0.2) is 34.2 Å². The van der Waals surface area contributed by atoms with Gasteiger partial charge >= 0.3 is 0 Å². The van der Waals surface area contributed by atoms with Crippen LogP contribution in [0.3, 0.4) is 0 Å². The minimum atomic E-state index is -1.88. The summed E-state index contributed by atoms with van der Waals surface area (Å²) in [4.78, 5) is 13.4. The van der Waals surface area contributed by atoms with Crippen LogP contribution in [0.4, 0.5) is 0 Å². The third-order valence-electron chi connectivity index (χ3n) is 6.31. The first-order chi connectivity index (χ1) is 14.6. The van der Waals surface area contributed by atoms with Crippen LogP contribution in [0.2, 0.25) is 18.1 Å². The minimum Gasteiger partial charge on any atom is -0.493 e. The first kappa shape index (κ1) is 23.3. The van der Waals surface area contributed by atoms with Gasteiger partial charge in [0.05, 0.1) is 31.7 Å². The quantitative estimate of drug-likeness (QED) is 0.366. The number of pyridine rings is 1. The number of benzene rings is 2. The molecule has 0 bridgehead atoms. The number of aromatic nitrogens is 1. The Hall–Kier alpha value is -2.35. The molecule has 0 radical (unpaired) electrons. The summed E-state index contributed by atoms with van der Waals surface area (Å²) in [6, 6.07) is 9.84. The van der Waals surface area contributed by atoms with Crippen molar-refractivity contribution in [3.05, 3.63) is 46.2 Å². The maximum Gasteiger partial charge on any atom is 0.264 e. The molecule has 0 saturated heterocycles. The number of fused-ring (bicyclic) bond motifs is 3. The zero-order valence-corrected chi connectivity index (χ0v) is 20.8. The van der Waals surface area contributed by atoms with Gasteiger partial charge in [-0.2, -0.15) is 0 Å². The van der Waals surface area contributed by atoms with Crippen molar-refractivity contribution in [2.45, 2.75) is 52.2 Å². The Kier molecular flexibility index (Phi) is 6.50. The highest BCUT2D eigenvalue weighted by Gasteiger charge is 2.37. The lowest BCUT2D eigenvalue weighted by Crippen LogP contribution is -2.40. The summed E-state index contributed by atoms with van der Waals surface area (Å²) in [5.41, 5.74) is 1.70. The molecule has 6 nitrogen and oxygen atoms in total. The second kappa shape index (κ2) is 8.65. The Morgan fingerprint density at radius 3 is 2.26 bits per heavy atom. The molecule has 0 aliphatic carbocycles.